The van der Waals surface area contributed by atoms with Crippen LogP contribution in [-0.2, 0) is 41.1 Å². The quantitative estimate of drug-likeness (QED) is 0.122. The molecule has 6 atom stereocenters. The summed E-state index contributed by atoms with van der Waals surface area (Å²) in [5, 5.41) is 3.86. The Bertz CT molecular complexity index is 1920. The summed E-state index contributed by atoms with van der Waals surface area (Å²) < 4.78 is 29.1. The fourth-order valence-corrected chi connectivity index (χ4v) is 14.3. The molecule has 0 aliphatic carbocycles. The van der Waals surface area contributed by atoms with E-state index in [1.165, 1.54) is 46.3 Å². The van der Waals surface area contributed by atoms with E-state index < -0.39 is 23.5 Å². The molecule has 6 rings (SSSR count). The maximum atomic E-state index is 16.3. The molecule has 0 radical (unpaired) electrons. The second kappa shape index (κ2) is 19.6. The van der Waals surface area contributed by atoms with Crippen molar-refractivity contribution in [2.75, 3.05) is 51.7 Å². The second-order valence-electron chi connectivity index (χ2n) is 15.2. The van der Waals surface area contributed by atoms with Crippen LogP contribution in [0.3, 0.4) is 0 Å². The third kappa shape index (κ3) is 10.3. The van der Waals surface area contributed by atoms with Crippen LogP contribution in [0, 0.1) is 5.92 Å². The Hall–Kier alpha value is -2.29. The number of rotatable bonds is 15. The third-order valence-corrected chi connectivity index (χ3v) is 18.5. The molecule has 3 aliphatic rings. The molecule has 306 valence electrons. The number of carbonyl (C=O) groups is 4. The number of carbonyl (C=O) groups excluding carboxylic acids is 4. The molecule has 3 amide bonds. The van der Waals surface area contributed by atoms with E-state index in [1.54, 1.807) is 23.1 Å². The minimum atomic E-state index is -2.97. The van der Waals surface area contributed by atoms with Crippen molar-refractivity contribution < 1.29 is 50.2 Å². The van der Waals surface area contributed by atoms with Gasteiger partial charge < -0.3 is 4.90 Å². The van der Waals surface area contributed by atoms with Gasteiger partial charge in [0, 0.05) is 31.6 Å². The normalized spacial score (nSPS) is 23.5. The van der Waals surface area contributed by atoms with Crippen molar-refractivity contribution >= 4 is 61.6 Å². The molecule has 3 fully saturated rings. The van der Waals surface area contributed by atoms with Crippen LogP contribution >= 0.6 is 28.6 Å². The van der Waals surface area contributed by atoms with Gasteiger partial charge in [-0.25, -0.2) is 0 Å². The molecule has 3 aromatic rings. The van der Waals surface area contributed by atoms with E-state index in [2.05, 4.69) is 29.3 Å². The molecule has 0 bridgehead atoms. The number of amides is 3. The Labute approximate surface area is 347 Å². The summed E-state index contributed by atoms with van der Waals surface area (Å²) in [7, 11) is 0. The Morgan fingerprint density at radius 2 is 1.80 bits per heavy atom. The van der Waals surface area contributed by atoms with Gasteiger partial charge in [0.15, 0.2) is 0 Å². The number of alkyl halides is 1. The Kier molecular flexibility index (Phi) is 15.2. The van der Waals surface area contributed by atoms with E-state index in [0.717, 1.165) is 37.1 Å². The summed E-state index contributed by atoms with van der Waals surface area (Å²) in [6.45, 7) is 11.5. The van der Waals surface area contributed by atoms with E-state index >= 15 is 4.39 Å². The minimum absolute atomic E-state index is 0.00759. The van der Waals surface area contributed by atoms with Crippen LogP contribution in [0.15, 0.2) is 54.6 Å². The van der Waals surface area contributed by atoms with Crippen molar-refractivity contribution in [3.63, 3.8) is 0 Å². The first kappa shape index (κ1) is 43.3. The van der Waals surface area contributed by atoms with Gasteiger partial charge in [-0.05, 0) is 37.8 Å². The van der Waals surface area contributed by atoms with Crippen LogP contribution < -0.4 is 5.32 Å². The average molecular weight is 1000 g/mol. The molecule has 1 aromatic heterocycles. The number of hydrogen-bond acceptors (Lipinski definition) is 9. The zero-order chi connectivity index (χ0) is 40.0. The molecule has 2 aromatic carbocycles. The molecule has 0 saturated carbocycles. The van der Waals surface area contributed by atoms with Gasteiger partial charge in [0.25, 0.3) is 0 Å². The van der Waals surface area contributed by atoms with E-state index in [1.807, 2.05) is 49.9 Å². The number of benzene rings is 2. The molecule has 3 unspecified atom stereocenters. The topological polar surface area (TPSA) is 108 Å². The van der Waals surface area contributed by atoms with E-state index in [4.69, 9.17) is 9.05 Å². The molecule has 15 heteroatoms. The molecule has 3 aliphatic heterocycles. The number of thioether (sulfide) groups is 1. The summed E-state index contributed by atoms with van der Waals surface area (Å²) >= 11 is 3.91. The molecule has 1 N–H and O–H groups in total. The van der Waals surface area contributed by atoms with Crippen LogP contribution in [0.1, 0.15) is 92.4 Å². The van der Waals surface area contributed by atoms with Gasteiger partial charge in [0.1, 0.15) is 6.04 Å². The zero-order valence-corrected chi connectivity index (χ0v) is 37.7. The van der Waals surface area contributed by atoms with Gasteiger partial charge in [-0.15, -0.1) is 0 Å². The molecule has 3 saturated heterocycles. The van der Waals surface area contributed by atoms with Gasteiger partial charge >= 0.3 is 222 Å². The van der Waals surface area contributed by atoms with Crippen molar-refractivity contribution in [3.05, 3.63) is 70.6 Å². The number of halogens is 1. The first-order valence-corrected chi connectivity index (χ1v) is 26.6. The SMILES string of the molecule is CCO[P](=[Os])(OCCSC(=O)CC(C)C)[C@H](F)c1ccc2sc(C(=O)NC3CN(CC)CC[C@H]4CCC(C(=O)N5CC[C@@H](c6ccccc6)C5)N4C3=O)cc2c1. The molecule has 4 heterocycles. The van der Waals surface area contributed by atoms with E-state index in [0.29, 0.717) is 54.1 Å². The Morgan fingerprint density at radius 1 is 1.02 bits per heavy atom. The first-order valence-electron chi connectivity index (χ1n) is 19.8. The fraction of sp³-hybridized carbons (Fsp3) is 0.561. The number of thiophene rings is 1. The summed E-state index contributed by atoms with van der Waals surface area (Å²) in [5.74, 6) is -1.10. The van der Waals surface area contributed by atoms with E-state index in [-0.39, 0.29) is 53.9 Å². The van der Waals surface area contributed by atoms with Gasteiger partial charge in [-0.3, -0.25) is 4.79 Å². The third-order valence-electron chi connectivity index (χ3n) is 10.9. The Morgan fingerprint density at radius 3 is 2.54 bits per heavy atom. The molecular weight excluding hydrogens is 949 g/mol. The van der Waals surface area contributed by atoms with Gasteiger partial charge in [0.05, 0.1) is 0 Å². The number of nitrogens with one attached hydrogen (secondary N) is 1. The van der Waals surface area contributed by atoms with Crippen LogP contribution in [0.5, 0.6) is 0 Å². The van der Waals surface area contributed by atoms with Crippen molar-refractivity contribution in [1.29, 1.82) is 0 Å². The predicted molar refractivity (Wildman–Crippen MR) is 219 cm³/mol. The average Bonchev–Trinajstić information content (AvgIpc) is 3.95. The second-order valence-corrected chi connectivity index (χ2v) is 24.2. The number of likely N-dealkylation sites (N-methyl/N-ethyl adjacent to an activating group) is 1. The monoisotopic (exact) mass is 1000 g/mol. The van der Waals surface area contributed by atoms with Crippen molar-refractivity contribution in [2.45, 2.75) is 89.8 Å². The number of fused-ring (bicyclic) bond motifs is 2. The summed E-state index contributed by atoms with van der Waals surface area (Å²) in [6, 6.07) is 15.9. The standard InChI is InChI=1S/C41H54FN4O6PS2.Os/c1-5-44-18-17-32-13-14-34(41(50)45-19-16-30(25-45)28-10-8-7-9-11-28)46(32)40(49)33(26-44)43-39(48)36-24-31-23-29(12-15-35(31)55-36)38(42)53(51-6-2)52-20-21-54-37(47)22-27(3)4;/h7-12,15,23-24,27,30,32-34,38H,5-6,13-14,16-22,25-26H2,1-4H3,(H,43,48);/t30-,32-,33?,34?,38+,53?;/m1./s1. The van der Waals surface area contributed by atoms with Crippen LogP contribution in [-0.4, -0.2) is 107 Å². The maximum absolute atomic E-state index is 16.3. The summed E-state index contributed by atoms with van der Waals surface area (Å²) in [4.78, 5) is 61.0. The van der Waals surface area contributed by atoms with Gasteiger partial charge in [-0.1, -0.05) is 37.3 Å². The molecule has 56 heavy (non-hydrogen) atoms. The van der Waals surface area contributed by atoms with Crippen LogP contribution in [0.2, 0.25) is 0 Å². The number of hydrogen-bond donors (Lipinski definition) is 1. The molecular formula is C41H54FN4O6OsPS2. The summed E-state index contributed by atoms with van der Waals surface area (Å²) in [6.07, 6.45) is 3.56. The number of likely N-dealkylation sites (tertiary alicyclic amines) is 1. The predicted octanol–water partition coefficient (Wildman–Crippen LogP) is 7.74. The fourth-order valence-electron chi connectivity index (χ4n) is 8.02. The van der Waals surface area contributed by atoms with Crippen molar-refractivity contribution in [1.82, 2.24) is 20.0 Å². The van der Waals surface area contributed by atoms with Crippen molar-refractivity contribution in [3.8, 4) is 0 Å². The summed E-state index contributed by atoms with van der Waals surface area (Å²) in [5.41, 5.74) is -1.33. The van der Waals surface area contributed by atoms with Crippen molar-refractivity contribution in [2.24, 2.45) is 5.92 Å². The molecule has 0 spiro atoms. The zero-order valence-electron chi connectivity index (χ0n) is 32.6. The van der Waals surface area contributed by atoms with Crippen LogP contribution in [0.4, 0.5) is 4.39 Å². The van der Waals surface area contributed by atoms with E-state index in [9.17, 15) is 19.2 Å². The number of nitrogens with zero attached hydrogens (tertiary/aromatic N) is 3. The molecule has 10 nitrogen and oxygen atoms in total. The Balaban J connectivity index is 1.14. The van der Waals surface area contributed by atoms with Gasteiger partial charge in [0.2, 0.25) is 5.91 Å². The first-order chi connectivity index (χ1) is 26.9. The van der Waals surface area contributed by atoms with Gasteiger partial charge in [-0.2, -0.15) is 0 Å². The van der Waals surface area contributed by atoms with Crippen LogP contribution in [0.25, 0.3) is 10.1 Å².